The number of imide groups is 2. The molecule has 0 spiro atoms. The van der Waals surface area contributed by atoms with Crippen LogP contribution in [0.2, 0.25) is 0 Å². The van der Waals surface area contributed by atoms with E-state index in [4.69, 9.17) is 0 Å². The Bertz CT molecular complexity index is 2300. The first-order valence-electron chi connectivity index (χ1n) is 23.3. The number of aliphatic imine (C=N–C) groups is 1. The fourth-order valence-electron chi connectivity index (χ4n) is 10.8. The van der Waals surface area contributed by atoms with Gasteiger partial charge in [0.05, 0.1) is 23.7 Å². The standard InChI is InChI=1S/C34H43F4N3O.C17H18N2O4/c1-20-5-8-24(9-6-20)34(42)40-13-11-23(12-14-40)25-16-29(35)32(30(36)17-25)33-26-10-7-21(2)28(18-39-4)27(26)15-22(3)41(33)19-31(37)38;1-3-9-7-11-12(8-10(9)4-2)17(23)19(16(11)22)13-5-6-14(20)18-15(13)21/h7,10,16-18,20,22-24,31,33H,5-6,8-9,11-15,19H2,1-4H3;7-8,13H,3-6H2,1-2H3,(H,18,20,21)/t20?,22-,24?,33?;/m1./s1. The zero-order valence-electron chi connectivity index (χ0n) is 38.3. The summed E-state index contributed by atoms with van der Waals surface area (Å²) in [6.07, 6.45) is 6.78. The van der Waals surface area contributed by atoms with E-state index in [1.807, 2.05) is 44.7 Å². The average Bonchev–Trinajstić information content (AvgIpc) is 3.52. The van der Waals surface area contributed by atoms with Crippen LogP contribution in [0.5, 0.6) is 0 Å². The van der Waals surface area contributed by atoms with Crippen LogP contribution in [0.25, 0.3) is 0 Å². The lowest BCUT2D eigenvalue weighted by Gasteiger charge is -2.43. The molecule has 8 rings (SSSR count). The van der Waals surface area contributed by atoms with Gasteiger partial charge in [0.1, 0.15) is 17.7 Å². The van der Waals surface area contributed by atoms with Crippen molar-refractivity contribution in [1.29, 1.82) is 0 Å². The number of hydrogen-bond acceptors (Lipinski definition) is 7. The molecule has 3 atom stereocenters. The monoisotopic (exact) mass is 899 g/mol. The predicted molar refractivity (Wildman–Crippen MR) is 240 cm³/mol. The van der Waals surface area contributed by atoms with Gasteiger partial charge in [0.25, 0.3) is 18.2 Å². The van der Waals surface area contributed by atoms with Crippen molar-refractivity contribution in [1.82, 2.24) is 20.0 Å². The van der Waals surface area contributed by atoms with Gasteiger partial charge in [0, 0.05) is 50.3 Å². The smallest absolute Gasteiger partial charge is 0.262 e. The molecule has 0 aromatic heterocycles. The summed E-state index contributed by atoms with van der Waals surface area (Å²) in [5.74, 6) is -2.34. The number of benzene rings is 3. The van der Waals surface area contributed by atoms with E-state index < -0.39 is 54.4 Å². The summed E-state index contributed by atoms with van der Waals surface area (Å²) in [6, 6.07) is 7.77. The highest BCUT2D eigenvalue weighted by atomic mass is 19.3. The van der Waals surface area contributed by atoms with Crippen LogP contribution in [0.1, 0.15) is 156 Å². The molecule has 3 fully saturated rings. The van der Waals surface area contributed by atoms with E-state index in [2.05, 4.69) is 17.2 Å². The van der Waals surface area contributed by atoms with Crippen LogP contribution in [-0.4, -0.2) is 95.6 Å². The number of likely N-dealkylation sites (tertiary alicyclic amines) is 1. The van der Waals surface area contributed by atoms with Gasteiger partial charge in [-0.3, -0.25) is 44.1 Å². The topological polar surface area (TPSA) is 119 Å². The van der Waals surface area contributed by atoms with E-state index in [0.29, 0.717) is 60.5 Å². The minimum Gasteiger partial charge on any atom is -0.342 e. The number of aryl methyl sites for hydroxylation is 3. The van der Waals surface area contributed by atoms with E-state index in [9.17, 15) is 32.8 Å². The number of rotatable bonds is 9. The number of alkyl halides is 2. The Morgan fingerprint density at radius 3 is 2.00 bits per heavy atom. The van der Waals surface area contributed by atoms with Gasteiger partial charge in [-0.05, 0) is 153 Å². The van der Waals surface area contributed by atoms with Gasteiger partial charge in [0.15, 0.2) is 0 Å². The summed E-state index contributed by atoms with van der Waals surface area (Å²) in [4.78, 5) is 70.3. The molecular weight excluding hydrogens is 839 g/mol. The summed E-state index contributed by atoms with van der Waals surface area (Å²) in [5.41, 5.74) is 6.57. The number of piperidine rings is 2. The summed E-state index contributed by atoms with van der Waals surface area (Å²) in [5, 5.41) is 2.20. The third kappa shape index (κ3) is 9.69. The van der Waals surface area contributed by atoms with Gasteiger partial charge in [-0.2, -0.15) is 0 Å². The van der Waals surface area contributed by atoms with Crippen molar-refractivity contribution in [2.24, 2.45) is 16.8 Å². The van der Waals surface area contributed by atoms with Crippen molar-refractivity contribution in [3.8, 4) is 0 Å². The first kappa shape index (κ1) is 47.7. The molecule has 10 nitrogen and oxygen atoms in total. The van der Waals surface area contributed by atoms with Gasteiger partial charge < -0.3 is 4.90 Å². The largest absolute Gasteiger partial charge is 0.342 e. The molecule has 4 heterocycles. The number of nitrogens with zero attached hydrogens (tertiary/aromatic N) is 4. The van der Waals surface area contributed by atoms with Gasteiger partial charge in [0.2, 0.25) is 17.7 Å². The lowest BCUT2D eigenvalue weighted by molar-refractivity contribution is -0.138. The van der Waals surface area contributed by atoms with Crippen molar-refractivity contribution in [2.75, 3.05) is 26.7 Å². The normalized spacial score (nSPS) is 24.0. The van der Waals surface area contributed by atoms with Gasteiger partial charge in [-0.1, -0.05) is 32.9 Å². The Balaban J connectivity index is 0.000000230. The number of halogens is 4. The Morgan fingerprint density at radius 1 is 0.862 bits per heavy atom. The zero-order valence-corrected chi connectivity index (χ0v) is 38.3. The predicted octanol–water partition coefficient (Wildman–Crippen LogP) is 8.67. The van der Waals surface area contributed by atoms with Gasteiger partial charge in [-0.15, -0.1) is 0 Å². The fraction of sp³-hybridized carbons (Fsp3) is 0.529. The molecule has 348 valence electrons. The maximum Gasteiger partial charge on any atom is 0.262 e. The molecular formula is C51H61F4N5O5. The third-order valence-corrected chi connectivity index (χ3v) is 14.4. The average molecular weight is 900 g/mol. The van der Waals surface area contributed by atoms with Crippen LogP contribution in [0.15, 0.2) is 41.4 Å². The Hall–Kier alpha value is -5.24. The van der Waals surface area contributed by atoms with Crippen molar-refractivity contribution < 1.29 is 41.5 Å². The zero-order chi connectivity index (χ0) is 46.9. The highest BCUT2D eigenvalue weighted by Crippen LogP contribution is 2.43. The maximum absolute atomic E-state index is 16.0. The summed E-state index contributed by atoms with van der Waals surface area (Å²) in [6.45, 7) is 10.6. The Morgan fingerprint density at radius 2 is 1.46 bits per heavy atom. The van der Waals surface area contributed by atoms with Crippen LogP contribution in [0.3, 0.4) is 0 Å². The van der Waals surface area contributed by atoms with E-state index >= 15 is 8.78 Å². The number of carbonyl (C=O) groups excluding carboxylic acids is 5. The molecule has 5 aliphatic rings. The molecule has 2 unspecified atom stereocenters. The maximum atomic E-state index is 16.0. The number of nitrogens with one attached hydrogen (secondary N) is 1. The minimum atomic E-state index is -2.64. The fourth-order valence-corrected chi connectivity index (χ4v) is 10.8. The van der Waals surface area contributed by atoms with Crippen LogP contribution in [0, 0.1) is 30.4 Å². The highest BCUT2D eigenvalue weighted by Gasteiger charge is 2.45. The van der Waals surface area contributed by atoms with Crippen LogP contribution in [-0.2, 0) is 33.6 Å². The molecule has 1 saturated carbocycles. The van der Waals surface area contributed by atoms with E-state index in [1.165, 1.54) is 17.0 Å². The second-order valence-corrected chi connectivity index (χ2v) is 18.6. The molecule has 0 bridgehead atoms. The molecule has 0 radical (unpaired) electrons. The quantitative estimate of drug-likeness (QED) is 0.131. The number of carbonyl (C=O) groups is 5. The number of amides is 5. The lowest BCUT2D eigenvalue weighted by Crippen LogP contribution is -2.54. The van der Waals surface area contributed by atoms with Crippen molar-refractivity contribution in [3.63, 3.8) is 0 Å². The lowest BCUT2D eigenvalue weighted by atomic mass is 9.80. The summed E-state index contributed by atoms with van der Waals surface area (Å²) >= 11 is 0. The molecule has 4 aliphatic heterocycles. The van der Waals surface area contributed by atoms with Gasteiger partial charge >= 0.3 is 0 Å². The molecule has 2 saturated heterocycles. The Kier molecular flexibility index (Phi) is 14.8. The van der Waals surface area contributed by atoms with E-state index in [-0.39, 0.29) is 48.1 Å². The number of fused-ring (bicyclic) bond motifs is 2. The third-order valence-electron chi connectivity index (χ3n) is 14.4. The first-order valence-corrected chi connectivity index (χ1v) is 23.3. The first-order chi connectivity index (χ1) is 31.1. The molecule has 1 N–H and O–H groups in total. The van der Waals surface area contributed by atoms with Crippen LogP contribution in [0.4, 0.5) is 17.6 Å². The molecule has 3 aromatic carbocycles. The van der Waals surface area contributed by atoms with Crippen LogP contribution >= 0.6 is 0 Å². The number of hydrogen-bond donors (Lipinski definition) is 1. The Labute approximate surface area is 379 Å². The summed E-state index contributed by atoms with van der Waals surface area (Å²) in [7, 11) is 1.67. The SMILES string of the molecule is CCc1cc2c(cc1CC)C(=O)N(C1CCC(=O)NC1=O)C2=O.CN=Cc1c(C)ccc2c1C[C@@H](C)N(CC(F)F)C2c1c(F)cc(C2CCN(C(=O)C3CCC(C)CC3)CC2)cc1F. The van der Waals surface area contributed by atoms with Crippen molar-refractivity contribution >= 4 is 35.8 Å². The van der Waals surface area contributed by atoms with Crippen LogP contribution < -0.4 is 5.32 Å². The second-order valence-electron chi connectivity index (χ2n) is 18.6. The minimum absolute atomic E-state index is 0.0665. The van der Waals surface area contributed by atoms with Gasteiger partial charge in [-0.25, -0.2) is 17.6 Å². The highest BCUT2D eigenvalue weighted by molar-refractivity contribution is 6.23. The van der Waals surface area contributed by atoms with E-state index in [1.54, 1.807) is 25.4 Å². The molecule has 3 aromatic rings. The molecule has 1 aliphatic carbocycles. The summed E-state index contributed by atoms with van der Waals surface area (Å²) < 4.78 is 59.6. The van der Waals surface area contributed by atoms with Crippen molar-refractivity contribution in [3.05, 3.63) is 104 Å². The van der Waals surface area contributed by atoms with E-state index in [0.717, 1.165) is 71.2 Å². The van der Waals surface area contributed by atoms with Crippen molar-refractivity contribution in [2.45, 2.75) is 136 Å². The molecule has 5 amide bonds. The molecule has 14 heteroatoms. The second kappa shape index (κ2) is 20.1. The molecule has 65 heavy (non-hydrogen) atoms.